The molecule has 0 saturated carbocycles. The Labute approximate surface area is 216 Å². The third kappa shape index (κ3) is 4.83. The summed E-state index contributed by atoms with van der Waals surface area (Å²) >= 11 is 0. The van der Waals surface area contributed by atoms with E-state index in [4.69, 9.17) is 4.74 Å². The molecule has 1 aliphatic rings. The Morgan fingerprint density at radius 2 is 1.84 bits per heavy atom. The Morgan fingerprint density at radius 1 is 0.946 bits per heavy atom. The molecule has 37 heavy (non-hydrogen) atoms. The van der Waals surface area contributed by atoms with Crippen LogP contribution in [0.1, 0.15) is 46.0 Å². The molecule has 1 N–H and O–H groups in total. The van der Waals surface area contributed by atoms with Gasteiger partial charge in [0, 0.05) is 48.1 Å². The summed E-state index contributed by atoms with van der Waals surface area (Å²) in [5, 5.41) is 4.68. The molecule has 6 nitrogen and oxygen atoms in total. The molecule has 0 aliphatic heterocycles. The fraction of sp³-hybridized carbons (Fsp3) is 0.194. The number of nitrogens with one attached hydrogen (secondary N) is 1. The minimum Gasteiger partial charge on any atom is -0.483 e. The van der Waals surface area contributed by atoms with E-state index in [0.717, 1.165) is 57.4 Å². The molecule has 3 aromatic carbocycles. The third-order valence-corrected chi connectivity index (χ3v) is 6.98. The van der Waals surface area contributed by atoms with Crippen molar-refractivity contribution in [3.8, 4) is 5.75 Å². The second kappa shape index (κ2) is 10.3. The number of hydrogen-bond acceptors (Lipinski definition) is 5. The number of pyridine rings is 1. The number of fused-ring (bicyclic) bond motifs is 2. The number of ketones is 1. The van der Waals surface area contributed by atoms with Crippen molar-refractivity contribution in [2.24, 2.45) is 0 Å². The molecule has 0 saturated heterocycles. The second-order valence-corrected chi connectivity index (χ2v) is 9.36. The van der Waals surface area contributed by atoms with Gasteiger partial charge in [0.15, 0.2) is 5.78 Å². The molecule has 1 unspecified atom stereocenters. The van der Waals surface area contributed by atoms with Gasteiger partial charge in [0.05, 0.1) is 24.1 Å². The maximum atomic E-state index is 12.8. The van der Waals surface area contributed by atoms with E-state index in [0.29, 0.717) is 19.5 Å². The van der Waals surface area contributed by atoms with E-state index >= 15 is 0 Å². The van der Waals surface area contributed by atoms with Crippen molar-refractivity contribution in [2.75, 3.05) is 5.32 Å². The highest BCUT2D eigenvalue weighted by atomic mass is 16.5. The number of aromatic nitrogens is 3. The van der Waals surface area contributed by atoms with Crippen LogP contribution in [-0.4, -0.2) is 20.3 Å². The molecule has 0 amide bonds. The van der Waals surface area contributed by atoms with Crippen LogP contribution in [0.4, 0.5) is 5.69 Å². The number of anilines is 1. The van der Waals surface area contributed by atoms with Gasteiger partial charge in [-0.15, -0.1) is 0 Å². The van der Waals surface area contributed by atoms with E-state index in [2.05, 4.69) is 39.6 Å². The van der Waals surface area contributed by atoms with E-state index in [9.17, 15) is 4.79 Å². The average Bonchev–Trinajstić information content (AvgIpc) is 3.46. The predicted octanol–water partition coefficient (Wildman–Crippen LogP) is 6.38. The Hall–Kier alpha value is -4.45. The van der Waals surface area contributed by atoms with Crippen molar-refractivity contribution in [2.45, 2.75) is 38.5 Å². The predicted molar refractivity (Wildman–Crippen MR) is 145 cm³/mol. The lowest BCUT2D eigenvalue weighted by atomic mass is 9.86. The number of Topliss-reactive ketones (excluding diaryl/α,β-unsaturated/α-hetero) is 1. The van der Waals surface area contributed by atoms with Crippen molar-refractivity contribution < 1.29 is 9.53 Å². The van der Waals surface area contributed by atoms with Gasteiger partial charge in [0.25, 0.3) is 0 Å². The van der Waals surface area contributed by atoms with E-state index in [1.807, 2.05) is 65.5 Å². The van der Waals surface area contributed by atoms with Crippen LogP contribution in [0.15, 0.2) is 97.7 Å². The standard InChI is InChI=1S/C31H28N4O2/c36-28-13-5-11-24-25(28)14-15-29(26(24)19-34-27-12-4-9-23-10-6-16-33-31(23)27)37-30(20-35-18-17-32-21-35)22-7-2-1-3-8-22/h1-4,6-10,12,14-18,21,30,34H,5,11,13,19-20H2. The van der Waals surface area contributed by atoms with Crippen LogP contribution in [0.3, 0.4) is 0 Å². The Balaban J connectivity index is 1.37. The summed E-state index contributed by atoms with van der Waals surface area (Å²) < 4.78 is 8.79. The number of rotatable bonds is 8. The fourth-order valence-corrected chi connectivity index (χ4v) is 5.13. The maximum Gasteiger partial charge on any atom is 0.163 e. The van der Waals surface area contributed by atoms with E-state index in [-0.39, 0.29) is 11.9 Å². The van der Waals surface area contributed by atoms with Gasteiger partial charge in [-0.05, 0) is 48.2 Å². The van der Waals surface area contributed by atoms with Gasteiger partial charge >= 0.3 is 0 Å². The molecule has 2 heterocycles. The molecular weight excluding hydrogens is 460 g/mol. The monoisotopic (exact) mass is 488 g/mol. The van der Waals surface area contributed by atoms with Gasteiger partial charge in [0.2, 0.25) is 0 Å². The van der Waals surface area contributed by atoms with Crippen molar-refractivity contribution in [1.29, 1.82) is 0 Å². The first-order chi connectivity index (χ1) is 18.3. The first-order valence-electron chi connectivity index (χ1n) is 12.7. The van der Waals surface area contributed by atoms with Crippen molar-refractivity contribution >= 4 is 22.4 Å². The van der Waals surface area contributed by atoms with Crippen molar-refractivity contribution in [1.82, 2.24) is 14.5 Å². The van der Waals surface area contributed by atoms with E-state index in [1.165, 1.54) is 0 Å². The molecule has 1 aliphatic carbocycles. The number of ether oxygens (including phenoxy) is 1. The molecular formula is C31H28N4O2. The quantitative estimate of drug-likeness (QED) is 0.274. The van der Waals surface area contributed by atoms with Crippen molar-refractivity contribution in [3.05, 3.63) is 120 Å². The molecule has 0 bridgehead atoms. The van der Waals surface area contributed by atoms with Gasteiger partial charge in [0.1, 0.15) is 11.9 Å². The first kappa shape index (κ1) is 23.0. The number of para-hydroxylation sites is 1. The minimum absolute atomic E-state index is 0.207. The van der Waals surface area contributed by atoms with Gasteiger partial charge < -0.3 is 14.6 Å². The second-order valence-electron chi connectivity index (χ2n) is 9.36. The van der Waals surface area contributed by atoms with Crippen LogP contribution < -0.4 is 10.1 Å². The van der Waals surface area contributed by atoms with Crippen LogP contribution in [0, 0.1) is 0 Å². The van der Waals surface area contributed by atoms with Gasteiger partial charge in [-0.3, -0.25) is 9.78 Å². The van der Waals surface area contributed by atoms with Crippen LogP contribution in [0.2, 0.25) is 0 Å². The molecule has 6 rings (SSSR count). The van der Waals surface area contributed by atoms with E-state index in [1.54, 1.807) is 12.5 Å². The lowest BCUT2D eigenvalue weighted by molar-refractivity contribution is 0.0972. The average molecular weight is 489 g/mol. The normalized spacial score (nSPS) is 13.8. The zero-order valence-electron chi connectivity index (χ0n) is 20.5. The number of hydrogen-bond donors (Lipinski definition) is 1. The maximum absolute atomic E-state index is 12.8. The largest absolute Gasteiger partial charge is 0.483 e. The van der Waals surface area contributed by atoms with E-state index < -0.39 is 0 Å². The van der Waals surface area contributed by atoms with Gasteiger partial charge in [-0.2, -0.15) is 0 Å². The summed E-state index contributed by atoms with van der Waals surface area (Å²) in [6, 6.07) is 24.3. The summed E-state index contributed by atoms with van der Waals surface area (Å²) in [5.74, 6) is 1.00. The lowest BCUT2D eigenvalue weighted by Gasteiger charge is -2.26. The number of benzene rings is 3. The summed E-state index contributed by atoms with van der Waals surface area (Å²) in [7, 11) is 0. The highest BCUT2D eigenvalue weighted by Gasteiger charge is 2.24. The smallest absolute Gasteiger partial charge is 0.163 e. The molecule has 2 aromatic heterocycles. The van der Waals surface area contributed by atoms with Crippen LogP contribution in [0.25, 0.3) is 10.9 Å². The topological polar surface area (TPSA) is 69.0 Å². The molecule has 1 atom stereocenters. The third-order valence-electron chi connectivity index (χ3n) is 6.98. The SMILES string of the molecule is O=C1CCCc2c1ccc(OC(Cn1ccnc1)c1ccccc1)c2CNc1cccc2cccnc12. The summed E-state index contributed by atoms with van der Waals surface area (Å²) in [6.45, 7) is 1.16. The Kier molecular flexibility index (Phi) is 6.38. The molecule has 184 valence electrons. The zero-order chi connectivity index (χ0) is 25.0. The van der Waals surface area contributed by atoms with Crippen LogP contribution >= 0.6 is 0 Å². The van der Waals surface area contributed by atoms with Crippen molar-refractivity contribution in [3.63, 3.8) is 0 Å². The summed E-state index contributed by atoms with van der Waals surface area (Å²) in [4.78, 5) is 21.6. The summed E-state index contributed by atoms with van der Waals surface area (Å²) in [6.07, 6.45) is 9.44. The Morgan fingerprint density at radius 3 is 2.70 bits per heavy atom. The first-order valence-corrected chi connectivity index (χ1v) is 12.7. The van der Waals surface area contributed by atoms with Gasteiger partial charge in [-0.25, -0.2) is 4.98 Å². The molecule has 6 heteroatoms. The molecule has 0 spiro atoms. The minimum atomic E-state index is -0.217. The summed E-state index contributed by atoms with van der Waals surface area (Å²) in [5.41, 5.74) is 5.91. The number of nitrogens with zero attached hydrogens (tertiary/aromatic N) is 3. The number of carbonyl (C=O) groups is 1. The lowest BCUT2D eigenvalue weighted by Crippen LogP contribution is -2.19. The molecule has 0 radical (unpaired) electrons. The van der Waals surface area contributed by atoms with Gasteiger partial charge in [-0.1, -0.05) is 48.5 Å². The fourth-order valence-electron chi connectivity index (χ4n) is 5.13. The molecule has 5 aromatic rings. The van der Waals surface area contributed by atoms with Crippen LogP contribution in [0.5, 0.6) is 5.75 Å². The van der Waals surface area contributed by atoms with Crippen LogP contribution in [-0.2, 0) is 19.5 Å². The highest BCUT2D eigenvalue weighted by Crippen LogP contribution is 2.35. The number of carbonyl (C=O) groups excluding carboxylic acids is 1. The zero-order valence-corrected chi connectivity index (χ0v) is 20.5. The molecule has 0 fully saturated rings. The Bertz CT molecular complexity index is 1520. The highest BCUT2D eigenvalue weighted by molar-refractivity contribution is 5.99. The number of imidazole rings is 1.